The van der Waals surface area contributed by atoms with Crippen LogP contribution in [0.25, 0.3) is 0 Å². The number of rotatable bonds is 5. The van der Waals surface area contributed by atoms with E-state index < -0.39 is 10.8 Å². The zero-order chi connectivity index (χ0) is 12.3. The van der Waals surface area contributed by atoms with Crippen molar-refractivity contribution in [1.82, 2.24) is 5.32 Å². The van der Waals surface area contributed by atoms with Crippen molar-refractivity contribution >= 4 is 10.8 Å². The normalized spacial score (nSPS) is 24.6. The molecule has 1 aromatic rings. The van der Waals surface area contributed by atoms with Gasteiger partial charge in [0.1, 0.15) is 0 Å². The van der Waals surface area contributed by atoms with Gasteiger partial charge in [0.2, 0.25) is 0 Å². The first-order valence-corrected chi connectivity index (χ1v) is 7.27. The maximum Gasteiger partial charge on any atom is 0.0584 e. The number of fused-ring (bicyclic) bond motifs is 1. The number of hydrogen-bond donors (Lipinski definition) is 1. The van der Waals surface area contributed by atoms with Crippen LogP contribution in [0.4, 0.5) is 0 Å². The van der Waals surface area contributed by atoms with E-state index in [0.29, 0.717) is 12.4 Å². The molecule has 0 saturated heterocycles. The molecule has 0 aliphatic heterocycles. The molecule has 0 radical (unpaired) electrons. The fourth-order valence-electron chi connectivity index (χ4n) is 2.46. The summed E-state index contributed by atoms with van der Waals surface area (Å²) < 4.78 is 17.2. The quantitative estimate of drug-likeness (QED) is 0.859. The summed E-state index contributed by atoms with van der Waals surface area (Å²) in [5.41, 5.74) is 2.62. The van der Waals surface area contributed by atoms with Gasteiger partial charge in [0.25, 0.3) is 0 Å². The maximum absolute atomic E-state index is 12.2. The number of hydrogen-bond acceptors (Lipinski definition) is 3. The fraction of sp³-hybridized carbons (Fsp3) is 0.538. The molecule has 0 saturated carbocycles. The summed E-state index contributed by atoms with van der Waals surface area (Å²) in [5, 5.41) is 3.47. The van der Waals surface area contributed by atoms with E-state index in [1.165, 1.54) is 11.1 Å². The smallest absolute Gasteiger partial charge is 0.0584 e. The van der Waals surface area contributed by atoms with E-state index in [1.54, 1.807) is 7.11 Å². The second-order valence-electron chi connectivity index (χ2n) is 4.29. The summed E-state index contributed by atoms with van der Waals surface area (Å²) in [4.78, 5) is 0. The van der Waals surface area contributed by atoms with Gasteiger partial charge in [-0.1, -0.05) is 24.3 Å². The molecule has 0 aromatic heterocycles. The molecule has 1 aliphatic carbocycles. The first-order valence-electron chi connectivity index (χ1n) is 5.89. The number of nitrogens with one attached hydrogen (secondary N) is 1. The highest BCUT2D eigenvalue weighted by atomic mass is 32.2. The number of benzene rings is 1. The van der Waals surface area contributed by atoms with Crippen LogP contribution < -0.4 is 5.32 Å². The van der Waals surface area contributed by atoms with Gasteiger partial charge in [0.15, 0.2) is 0 Å². The Bertz CT molecular complexity index is 408. The Morgan fingerprint density at radius 3 is 2.94 bits per heavy atom. The predicted octanol–water partition coefficient (Wildman–Crippen LogP) is 1.27. The maximum atomic E-state index is 12.2. The second-order valence-corrected chi connectivity index (χ2v) is 6.06. The van der Waals surface area contributed by atoms with Gasteiger partial charge in [0, 0.05) is 29.7 Å². The van der Waals surface area contributed by atoms with Gasteiger partial charge in [-0.2, -0.15) is 0 Å². The number of methoxy groups -OCH3 is 1. The van der Waals surface area contributed by atoms with Crippen LogP contribution in [0.5, 0.6) is 0 Å². The molecule has 17 heavy (non-hydrogen) atoms. The molecule has 0 amide bonds. The van der Waals surface area contributed by atoms with Crippen LogP contribution in [0, 0.1) is 0 Å². The molecule has 0 fully saturated rings. The Kier molecular flexibility index (Phi) is 4.31. The highest BCUT2D eigenvalue weighted by molar-refractivity contribution is 7.85. The Labute approximate surface area is 105 Å². The minimum atomic E-state index is -0.839. The van der Waals surface area contributed by atoms with Crippen LogP contribution >= 0.6 is 0 Å². The molecule has 3 unspecified atom stereocenters. The molecule has 3 atom stereocenters. The average molecular weight is 253 g/mol. The zero-order valence-electron chi connectivity index (χ0n) is 10.3. The third-order valence-corrected chi connectivity index (χ3v) is 5.00. The highest BCUT2D eigenvalue weighted by Gasteiger charge is 2.34. The summed E-state index contributed by atoms with van der Waals surface area (Å²) in [6.07, 6.45) is 0.901. The molecule has 1 N–H and O–H groups in total. The lowest BCUT2D eigenvalue weighted by Crippen LogP contribution is -2.31. The van der Waals surface area contributed by atoms with Crippen molar-refractivity contribution < 1.29 is 8.95 Å². The van der Waals surface area contributed by atoms with Crippen molar-refractivity contribution in [3.8, 4) is 0 Å². The van der Waals surface area contributed by atoms with Gasteiger partial charge in [-0.15, -0.1) is 0 Å². The van der Waals surface area contributed by atoms with Crippen LogP contribution in [0.15, 0.2) is 24.3 Å². The van der Waals surface area contributed by atoms with Crippen molar-refractivity contribution in [3.05, 3.63) is 35.4 Å². The van der Waals surface area contributed by atoms with Crippen LogP contribution in [0.2, 0.25) is 0 Å². The third-order valence-electron chi connectivity index (χ3n) is 3.32. The molecule has 1 aliphatic rings. The minimum Gasteiger partial charge on any atom is -0.384 e. The van der Waals surface area contributed by atoms with Crippen LogP contribution in [-0.2, 0) is 22.0 Å². The minimum absolute atomic E-state index is 0.174. The van der Waals surface area contributed by atoms with Gasteiger partial charge in [-0.25, -0.2) is 0 Å². The van der Waals surface area contributed by atoms with E-state index in [4.69, 9.17) is 4.74 Å². The van der Waals surface area contributed by atoms with Crippen molar-refractivity contribution in [2.75, 3.05) is 26.5 Å². The Balaban J connectivity index is 2.14. The molecular weight excluding hydrogens is 234 g/mol. The lowest BCUT2D eigenvalue weighted by Gasteiger charge is -2.19. The molecular formula is C13H19NO2S. The molecule has 1 aromatic carbocycles. The molecule has 2 rings (SSSR count). The van der Waals surface area contributed by atoms with E-state index in [-0.39, 0.29) is 11.3 Å². The zero-order valence-corrected chi connectivity index (χ0v) is 11.1. The summed E-state index contributed by atoms with van der Waals surface area (Å²) in [6, 6.07) is 8.57. The van der Waals surface area contributed by atoms with Gasteiger partial charge in [-0.05, 0) is 24.6 Å². The van der Waals surface area contributed by atoms with Crippen molar-refractivity contribution in [2.24, 2.45) is 0 Å². The summed E-state index contributed by atoms with van der Waals surface area (Å²) in [5.74, 6) is 0.618. The van der Waals surface area contributed by atoms with E-state index in [1.807, 2.05) is 19.2 Å². The van der Waals surface area contributed by atoms with Gasteiger partial charge >= 0.3 is 0 Å². The Morgan fingerprint density at radius 1 is 1.47 bits per heavy atom. The van der Waals surface area contributed by atoms with Crippen molar-refractivity contribution in [2.45, 2.75) is 17.7 Å². The first-order chi connectivity index (χ1) is 8.27. The first kappa shape index (κ1) is 12.7. The van der Waals surface area contributed by atoms with E-state index in [0.717, 1.165) is 6.42 Å². The monoisotopic (exact) mass is 253 g/mol. The van der Waals surface area contributed by atoms with Crippen LogP contribution in [-0.4, -0.2) is 36.0 Å². The van der Waals surface area contributed by atoms with Gasteiger partial charge in [-0.3, -0.25) is 4.21 Å². The lowest BCUT2D eigenvalue weighted by molar-refractivity contribution is 0.217. The van der Waals surface area contributed by atoms with Gasteiger partial charge in [0.05, 0.1) is 11.9 Å². The van der Waals surface area contributed by atoms with Gasteiger partial charge < -0.3 is 10.1 Å². The molecule has 3 nitrogen and oxygen atoms in total. The molecule has 94 valence electrons. The Hall–Kier alpha value is -0.710. The summed E-state index contributed by atoms with van der Waals surface area (Å²) in [6.45, 7) is 0.565. The molecule has 0 spiro atoms. The van der Waals surface area contributed by atoms with E-state index in [9.17, 15) is 4.21 Å². The fourth-order valence-corrected chi connectivity index (χ4v) is 4.05. The van der Waals surface area contributed by atoms with Crippen molar-refractivity contribution in [3.63, 3.8) is 0 Å². The van der Waals surface area contributed by atoms with E-state index in [2.05, 4.69) is 17.4 Å². The largest absolute Gasteiger partial charge is 0.384 e. The second kappa shape index (κ2) is 5.76. The van der Waals surface area contributed by atoms with Crippen molar-refractivity contribution in [1.29, 1.82) is 0 Å². The molecule has 0 heterocycles. The average Bonchev–Trinajstić information content (AvgIpc) is 2.74. The number of ether oxygens (including phenoxy) is 1. The van der Waals surface area contributed by atoms with Crippen LogP contribution in [0.1, 0.15) is 17.2 Å². The van der Waals surface area contributed by atoms with E-state index >= 15 is 0 Å². The van der Waals surface area contributed by atoms with Crippen LogP contribution in [0.3, 0.4) is 0 Å². The summed E-state index contributed by atoms with van der Waals surface area (Å²) >= 11 is 0. The predicted molar refractivity (Wildman–Crippen MR) is 70.6 cm³/mol. The summed E-state index contributed by atoms with van der Waals surface area (Å²) in [7, 11) is 2.75. The molecule has 0 bridgehead atoms. The topological polar surface area (TPSA) is 38.3 Å². The molecule has 4 heteroatoms. The Morgan fingerprint density at radius 2 is 2.24 bits per heavy atom. The lowest BCUT2D eigenvalue weighted by atomic mass is 10.1. The highest BCUT2D eigenvalue weighted by Crippen LogP contribution is 2.34. The standard InChI is InChI=1S/C13H19NO2S/c1-14-13-11-6-4-3-5-10(11)9-12(13)17(15)8-7-16-2/h3-6,12-14H,7-9H2,1-2H3. The SMILES string of the molecule is CNC1c2ccccc2CC1S(=O)CCOC. The third kappa shape index (κ3) is 2.59.